The minimum absolute atomic E-state index is 0.544. The fourth-order valence-electron chi connectivity index (χ4n) is 2.30. The summed E-state index contributed by atoms with van der Waals surface area (Å²) in [5.41, 5.74) is 0.544. The van der Waals surface area contributed by atoms with Gasteiger partial charge in [-0.05, 0) is 19.3 Å². The van der Waals surface area contributed by atoms with Crippen molar-refractivity contribution in [2.24, 2.45) is 5.41 Å². The molecule has 1 aliphatic heterocycles. The molecule has 2 rings (SSSR count). The Hall–Kier alpha value is -0.0800. The van der Waals surface area contributed by atoms with Crippen LogP contribution in [0.25, 0.3) is 0 Å². The lowest BCUT2D eigenvalue weighted by molar-refractivity contribution is 0.0388. The predicted molar refractivity (Wildman–Crippen MR) is 49.2 cm³/mol. The average Bonchev–Trinajstić information content (AvgIpc) is 2.63. The zero-order chi connectivity index (χ0) is 8.60. The summed E-state index contributed by atoms with van der Waals surface area (Å²) in [6.07, 6.45) is 3.97. The zero-order valence-electron chi connectivity index (χ0n) is 8.10. The smallest absolute Gasteiger partial charge is 0.0537 e. The quantitative estimate of drug-likeness (QED) is 0.677. The molecule has 12 heavy (non-hydrogen) atoms. The first-order valence-corrected chi connectivity index (χ1v) is 5.07. The maximum atomic E-state index is 5.52. The van der Waals surface area contributed by atoms with Gasteiger partial charge in [0, 0.05) is 24.1 Å². The van der Waals surface area contributed by atoms with Gasteiger partial charge in [0.05, 0.1) is 6.61 Å². The molecule has 70 valence electrons. The molecule has 0 amide bonds. The van der Waals surface area contributed by atoms with Crippen molar-refractivity contribution in [3.05, 3.63) is 0 Å². The molecule has 1 saturated heterocycles. The van der Waals surface area contributed by atoms with Crippen molar-refractivity contribution in [1.82, 2.24) is 5.32 Å². The minimum atomic E-state index is 0.544. The van der Waals surface area contributed by atoms with Crippen LogP contribution in [0.2, 0.25) is 0 Å². The molecule has 0 aromatic heterocycles. The summed E-state index contributed by atoms with van der Waals surface area (Å²) in [5.74, 6) is 0. The first-order valence-electron chi connectivity index (χ1n) is 5.07. The molecule has 1 aliphatic carbocycles. The maximum Gasteiger partial charge on any atom is 0.0537 e. The maximum absolute atomic E-state index is 5.52. The second-order valence-electron chi connectivity index (χ2n) is 4.60. The lowest BCUT2D eigenvalue weighted by atomic mass is 9.98. The molecular weight excluding hydrogens is 150 g/mol. The molecule has 2 fully saturated rings. The minimum Gasteiger partial charge on any atom is -0.381 e. The molecule has 1 heterocycles. The number of nitrogens with one attached hydrogen (secondary N) is 1. The van der Waals surface area contributed by atoms with Crippen molar-refractivity contribution in [3.63, 3.8) is 0 Å². The van der Waals surface area contributed by atoms with Crippen LogP contribution in [0.1, 0.15) is 33.1 Å². The van der Waals surface area contributed by atoms with Crippen LogP contribution in [0, 0.1) is 5.41 Å². The van der Waals surface area contributed by atoms with E-state index in [0.29, 0.717) is 11.5 Å². The number of rotatable bonds is 2. The number of hydrogen-bond donors (Lipinski definition) is 1. The third-order valence-corrected chi connectivity index (χ3v) is 3.08. The van der Waals surface area contributed by atoms with Crippen molar-refractivity contribution in [1.29, 1.82) is 0 Å². The van der Waals surface area contributed by atoms with Crippen LogP contribution in [0.3, 0.4) is 0 Å². The van der Waals surface area contributed by atoms with Gasteiger partial charge < -0.3 is 10.1 Å². The molecule has 0 bridgehead atoms. The van der Waals surface area contributed by atoms with E-state index < -0.39 is 0 Å². The number of hydrogen-bond acceptors (Lipinski definition) is 2. The highest BCUT2D eigenvalue weighted by molar-refractivity contribution is 5.09. The van der Waals surface area contributed by atoms with Gasteiger partial charge >= 0.3 is 0 Å². The molecule has 0 aromatic carbocycles. The van der Waals surface area contributed by atoms with E-state index in [1.807, 2.05) is 0 Å². The van der Waals surface area contributed by atoms with E-state index in [4.69, 9.17) is 4.74 Å². The highest BCUT2D eigenvalue weighted by Gasteiger charge is 2.54. The first kappa shape index (κ1) is 8.52. The summed E-state index contributed by atoms with van der Waals surface area (Å²) in [7, 11) is 0. The summed E-state index contributed by atoms with van der Waals surface area (Å²) >= 11 is 0. The van der Waals surface area contributed by atoms with Gasteiger partial charge in [-0.1, -0.05) is 13.8 Å². The summed E-state index contributed by atoms with van der Waals surface area (Å²) in [6.45, 7) is 6.42. The molecule has 1 saturated carbocycles. The molecule has 1 N–H and O–H groups in total. The summed E-state index contributed by atoms with van der Waals surface area (Å²) in [4.78, 5) is 0. The Kier molecular flexibility index (Phi) is 2.13. The van der Waals surface area contributed by atoms with Gasteiger partial charge in [-0.15, -0.1) is 0 Å². The molecular formula is C10H19NO. The van der Waals surface area contributed by atoms with Gasteiger partial charge in [-0.2, -0.15) is 0 Å². The van der Waals surface area contributed by atoms with Crippen LogP contribution in [0.15, 0.2) is 0 Å². The Morgan fingerprint density at radius 3 is 2.92 bits per heavy atom. The monoisotopic (exact) mass is 169 g/mol. The van der Waals surface area contributed by atoms with Crippen LogP contribution in [-0.4, -0.2) is 25.3 Å². The molecule has 0 aromatic rings. The first-order chi connectivity index (χ1) is 5.73. The van der Waals surface area contributed by atoms with Crippen LogP contribution in [-0.2, 0) is 4.74 Å². The lowest BCUT2D eigenvalue weighted by Crippen LogP contribution is -2.33. The van der Waals surface area contributed by atoms with E-state index in [2.05, 4.69) is 19.2 Å². The van der Waals surface area contributed by atoms with Crippen LogP contribution < -0.4 is 5.32 Å². The van der Waals surface area contributed by atoms with Crippen LogP contribution in [0.5, 0.6) is 0 Å². The fraction of sp³-hybridized carbons (Fsp3) is 1.00. The molecule has 2 atom stereocenters. The molecule has 2 unspecified atom stereocenters. The van der Waals surface area contributed by atoms with Gasteiger partial charge in [0.2, 0.25) is 0 Å². The van der Waals surface area contributed by atoms with E-state index in [-0.39, 0.29) is 0 Å². The Bertz CT molecular complexity index is 161. The van der Waals surface area contributed by atoms with E-state index in [1.54, 1.807) is 0 Å². The van der Waals surface area contributed by atoms with E-state index >= 15 is 0 Å². The van der Waals surface area contributed by atoms with Gasteiger partial charge in [0.1, 0.15) is 0 Å². The Morgan fingerprint density at radius 1 is 1.50 bits per heavy atom. The van der Waals surface area contributed by atoms with E-state index in [9.17, 15) is 0 Å². The fourth-order valence-corrected chi connectivity index (χ4v) is 2.30. The van der Waals surface area contributed by atoms with Gasteiger partial charge in [-0.3, -0.25) is 0 Å². The third-order valence-electron chi connectivity index (χ3n) is 3.08. The molecule has 0 radical (unpaired) electrons. The highest BCUT2D eigenvalue weighted by atomic mass is 16.5. The number of ether oxygens (including phenoxy) is 1. The van der Waals surface area contributed by atoms with Crippen molar-refractivity contribution in [2.75, 3.05) is 13.2 Å². The van der Waals surface area contributed by atoms with Crippen LogP contribution in [0.4, 0.5) is 0 Å². The molecule has 2 aliphatic rings. The summed E-state index contributed by atoms with van der Waals surface area (Å²) in [5, 5.41) is 3.60. The Labute approximate surface area is 74.7 Å². The van der Waals surface area contributed by atoms with Gasteiger partial charge in [0.25, 0.3) is 0 Å². The normalized spacial score (nSPS) is 40.8. The second-order valence-corrected chi connectivity index (χ2v) is 4.60. The Balaban J connectivity index is 1.83. The SMILES string of the molecule is CC(C)NC1CC12CCCOC2. The van der Waals surface area contributed by atoms with Crippen molar-refractivity contribution in [3.8, 4) is 0 Å². The van der Waals surface area contributed by atoms with Crippen molar-refractivity contribution < 1.29 is 4.74 Å². The Morgan fingerprint density at radius 2 is 2.33 bits per heavy atom. The largest absolute Gasteiger partial charge is 0.381 e. The second kappa shape index (κ2) is 3.00. The van der Waals surface area contributed by atoms with Gasteiger partial charge in [-0.25, -0.2) is 0 Å². The van der Waals surface area contributed by atoms with Gasteiger partial charge in [0.15, 0.2) is 0 Å². The van der Waals surface area contributed by atoms with Crippen molar-refractivity contribution >= 4 is 0 Å². The molecule has 1 spiro atoms. The van der Waals surface area contributed by atoms with Crippen molar-refractivity contribution in [2.45, 2.75) is 45.2 Å². The van der Waals surface area contributed by atoms with E-state index in [0.717, 1.165) is 19.3 Å². The van der Waals surface area contributed by atoms with Crippen LogP contribution >= 0.6 is 0 Å². The lowest BCUT2D eigenvalue weighted by Gasteiger charge is -2.23. The standard InChI is InChI=1S/C10H19NO/c1-8(2)11-9-6-10(9)4-3-5-12-7-10/h8-9,11H,3-7H2,1-2H3. The van der Waals surface area contributed by atoms with E-state index in [1.165, 1.54) is 19.3 Å². The zero-order valence-corrected chi connectivity index (χ0v) is 8.10. The molecule has 2 heteroatoms. The predicted octanol–water partition coefficient (Wildman–Crippen LogP) is 1.55. The average molecular weight is 169 g/mol. The summed E-state index contributed by atoms with van der Waals surface area (Å²) < 4.78 is 5.52. The topological polar surface area (TPSA) is 21.3 Å². The summed E-state index contributed by atoms with van der Waals surface area (Å²) in [6, 6.07) is 1.37. The highest BCUT2D eigenvalue weighted by Crippen LogP contribution is 2.51. The third kappa shape index (κ3) is 1.50. The molecule has 2 nitrogen and oxygen atoms in total.